The van der Waals surface area contributed by atoms with Gasteiger partial charge in [-0.15, -0.1) is 11.3 Å². The highest BCUT2D eigenvalue weighted by molar-refractivity contribution is 7.93. The van der Waals surface area contributed by atoms with E-state index in [1.807, 2.05) is 31.2 Å². The molecule has 10 heteroatoms. The Morgan fingerprint density at radius 1 is 1.07 bits per heavy atom. The quantitative estimate of drug-likeness (QED) is 0.481. The highest BCUT2D eigenvalue weighted by Gasteiger charge is 2.15. The van der Waals surface area contributed by atoms with Crippen molar-refractivity contribution in [3.8, 4) is 5.75 Å². The molecule has 3 rings (SSSR count). The van der Waals surface area contributed by atoms with Crippen LogP contribution in [0.5, 0.6) is 5.75 Å². The Morgan fingerprint density at radius 2 is 1.68 bits per heavy atom. The van der Waals surface area contributed by atoms with E-state index in [2.05, 4.69) is 20.3 Å². The lowest BCUT2D eigenvalue weighted by Crippen LogP contribution is -2.19. The summed E-state index contributed by atoms with van der Waals surface area (Å²) in [4.78, 5) is 4.06. The summed E-state index contributed by atoms with van der Waals surface area (Å²) in [5, 5.41) is 8.49. The van der Waals surface area contributed by atoms with Gasteiger partial charge in [0.1, 0.15) is 5.75 Å². The largest absolute Gasteiger partial charge is 0.494 e. The van der Waals surface area contributed by atoms with Crippen molar-refractivity contribution < 1.29 is 13.2 Å². The van der Waals surface area contributed by atoms with Crippen molar-refractivity contribution in [3.63, 3.8) is 0 Å². The Bertz CT molecular complexity index is 1020. The van der Waals surface area contributed by atoms with E-state index in [-0.39, 0.29) is 4.90 Å². The lowest BCUT2D eigenvalue weighted by Gasteiger charge is -2.12. The van der Waals surface area contributed by atoms with Gasteiger partial charge in [0.15, 0.2) is 10.2 Å². The number of anilines is 3. The maximum absolute atomic E-state index is 12.3. The second kappa shape index (κ2) is 9.00. The predicted molar refractivity (Wildman–Crippen MR) is 117 cm³/mol. The zero-order chi connectivity index (χ0) is 20.0. The molecule has 0 aliphatic rings. The van der Waals surface area contributed by atoms with E-state index in [9.17, 15) is 8.42 Å². The first-order chi connectivity index (χ1) is 13.5. The fourth-order valence-corrected chi connectivity index (χ4v) is 4.28. The summed E-state index contributed by atoms with van der Waals surface area (Å²) < 4.78 is 32.5. The minimum absolute atomic E-state index is 0.138. The number of nitrogens with one attached hydrogen (secondary N) is 3. The molecule has 0 bridgehead atoms. The first kappa shape index (κ1) is 20.1. The van der Waals surface area contributed by atoms with Gasteiger partial charge in [-0.3, -0.25) is 4.72 Å². The van der Waals surface area contributed by atoms with Crippen LogP contribution in [0.4, 0.5) is 16.5 Å². The molecular formula is C18H18N4O3S3. The lowest BCUT2D eigenvalue weighted by atomic mass is 10.3. The Morgan fingerprint density at radius 3 is 2.21 bits per heavy atom. The summed E-state index contributed by atoms with van der Waals surface area (Å²) in [5.74, 6) is 0.787. The number of thiazole rings is 1. The van der Waals surface area contributed by atoms with E-state index in [4.69, 9.17) is 17.0 Å². The number of hydrogen-bond acceptors (Lipinski definition) is 6. The zero-order valence-electron chi connectivity index (χ0n) is 14.9. The van der Waals surface area contributed by atoms with Crippen LogP contribution in [-0.4, -0.2) is 25.1 Å². The molecule has 28 heavy (non-hydrogen) atoms. The fraction of sp³-hybridized carbons (Fsp3) is 0.111. The summed E-state index contributed by atoms with van der Waals surface area (Å²) in [5.41, 5.74) is 1.48. The molecule has 0 saturated heterocycles. The van der Waals surface area contributed by atoms with E-state index < -0.39 is 10.0 Å². The summed E-state index contributed by atoms with van der Waals surface area (Å²) in [7, 11) is -3.68. The molecule has 0 amide bonds. The standard InChI is InChI=1S/C18H18N4O3S3/c1-2-25-15-7-3-13(4-8-15)20-17(26)21-14-5-9-16(10-6-14)28(23,24)22-18-19-11-12-27-18/h3-12H,2H2,1H3,(H,19,22)(H2,20,21,26). The van der Waals surface area contributed by atoms with Crippen molar-refractivity contribution in [3.05, 3.63) is 60.1 Å². The van der Waals surface area contributed by atoms with Crippen LogP contribution in [0.15, 0.2) is 65.0 Å². The first-order valence-corrected chi connectivity index (χ1v) is 11.1. The molecular weight excluding hydrogens is 416 g/mol. The van der Waals surface area contributed by atoms with Gasteiger partial charge in [-0.05, 0) is 67.7 Å². The third kappa shape index (κ3) is 5.41. The average molecular weight is 435 g/mol. The lowest BCUT2D eigenvalue weighted by molar-refractivity contribution is 0.340. The Kier molecular flexibility index (Phi) is 6.45. The third-order valence-electron chi connectivity index (χ3n) is 3.50. The highest BCUT2D eigenvalue weighted by atomic mass is 32.2. The van der Waals surface area contributed by atoms with Gasteiger partial charge < -0.3 is 15.4 Å². The summed E-state index contributed by atoms with van der Waals surface area (Å²) in [6.45, 7) is 2.54. The number of thiocarbonyl (C=S) groups is 1. The zero-order valence-corrected chi connectivity index (χ0v) is 17.3. The average Bonchev–Trinajstić information content (AvgIpc) is 3.16. The van der Waals surface area contributed by atoms with Gasteiger partial charge in [0.2, 0.25) is 0 Å². The number of rotatable bonds is 7. The molecule has 2 aromatic carbocycles. The van der Waals surface area contributed by atoms with Crippen LogP contribution in [0.2, 0.25) is 0 Å². The van der Waals surface area contributed by atoms with Crippen molar-refractivity contribution in [1.29, 1.82) is 0 Å². The van der Waals surface area contributed by atoms with Crippen LogP contribution >= 0.6 is 23.6 Å². The van der Waals surface area contributed by atoms with Crippen molar-refractivity contribution in [1.82, 2.24) is 4.98 Å². The smallest absolute Gasteiger partial charge is 0.263 e. The second-order valence-electron chi connectivity index (χ2n) is 5.50. The summed E-state index contributed by atoms with van der Waals surface area (Å²) >= 11 is 6.51. The molecule has 0 radical (unpaired) electrons. The van der Waals surface area contributed by atoms with Crippen LogP contribution in [0.1, 0.15) is 6.92 Å². The number of ether oxygens (including phenoxy) is 1. The molecule has 0 unspecified atom stereocenters. The molecule has 1 aromatic heterocycles. The SMILES string of the molecule is CCOc1ccc(NC(=S)Nc2ccc(S(=O)(=O)Nc3nccs3)cc2)cc1. The predicted octanol–water partition coefficient (Wildman–Crippen LogP) is 4.15. The summed E-state index contributed by atoms with van der Waals surface area (Å²) in [6, 6.07) is 13.7. The van der Waals surface area contributed by atoms with E-state index in [0.717, 1.165) is 11.4 Å². The van der Waals surface area contributed by atoms with Gasteiger partial charge in [0.25, 0.3) is 10.0 Å². The number of benzene rings is 2. The maximum Gasteiger partial charge on any atom is 0.263 e. The molecule has 0 fully saturated rings. The topological polar surface area (TPSA) is 92.4 Å². The molecule has 3 N–H and O–H groups in total. The maximum atomic E-state index is 12.3. The number of sulfonamides is 1. The minimum atomic E-state index is -3.68. The number of aromatic nitrogens is 1. The minimum Gasteiger partial charge on any atom is -0.494 e. The molecule has 1 heterocycles. The number of hydrogen-bond donors (Lipinski definition) is 3. The van der Waals surface area contributed by atoms with E-state index in [1.165, 1.54) is 29.7 Å². The molecule has 7 nitrogen and oxygen atoms in total. The van der Waals surface area contributed by atoms with Crippen LogP contribution in [0.3, 0.4) is 0 Å². The van der Waals surface area contributed by atoms with Crippen molar-refractivity contribution in [2.75, 3.05) is 22.0 Å². The number of nitrogens with zero attached hydrogens (tertiary/aromatic N) is 1. The summed E-state index contributed by atoms with van der Waals surface area (Å²) in [6.07, 6.45) is 1.54. The fourth-order valence-electron chi connectivity index (χ4n) is 2.26. The molecule has 3 aromatic rings. The Labute approximate surface area is 172 Å². The van der Waals surface area contributed by atoms with Crippen molar-refractivity contribution >= 4 is 55.2 Å². The van der Waals surface area contributed by atoms with Crippen LogP contribution in [0.25, 0.3) is 0 Å². The van der Waals surface area contributed by atoms with Crippen molar-refractivity contribution in [2.45, 2.75) is 11.8 Å². The monoisotopic (exact) mass is 434 g/mol. The van der Waals surface area contributed by atoms with Crippen LogP contribution in [-0.2, 0) is 10.0 Å². The van der Waals surface area contributed by atoms with Gasteiger partial charge in [-0.25, -0.2) is 13.4 Å². The van der Waals surface area contributed by atoms with Crippen molar-refractivity contribution in [2.24, 2.45) is 0 Å². The molecule has 0 spiro atoms. The van der Waals surface area contributed by atoms with E-state index in [0.29, 0.717) is 22.5 Å². The molecule has 0 aliphatic heterocycles. The Hall–Kier alpha value is -2.69. The van der Waals surface area contributed by atoms with E-state index >= 15 is 0 Å². The van der Waals surface area contributed by atoms with E-state index in [1.54, 1.807) is 17.5 Å². The second-order valence-corrected chi connectivity index (χ2v) is 8.49. The van der Waals surface area contributed by atoms with Gasteiger partial charge in [-0.1, -0.05) is 0 Å². The Balaban J connectivity index is 1.59. The van der Waals surface area contributed by atoms with Crippen LogP contribution in [0, 0.1) is 0 Å². The molecule has 0 saturated carbocycles. The molecule has 0 aliphatic carbocycles. The van der Waals surface area contributed by atoms with Gasteiger partial charge in [-0.2, -0.15) is 0 Å². The first-order valence-electron chi connectivity index (χ1n) is 8.29. The van der Waals surface area contributed by atoms with Gasteiger partial charge in [0, 0.05) is 23.0 Å². The van der Waals surface area contributed by atoms with Gasteiger partial charge >= 0.3 is 0 Å². The molecule has 146 valence electrons. The van der Waals surface area contributed by atoms with Gasteiger partial charge in [0.05, 0.1) is 11.5 Å². The highest BCUT2D eigenvalue weighted by Crippen LogP contribution is 2.20. The normalized spacial score (nSPS) is 10.9. The molecule has 0 atom stereocenters. The van der Waals surface area contributed by atoms with Crippen LogP contribution < -0.4 is 20.1 Å². The third-order valence-corrected chi connectivity index (χ3v) is 5.88.